The van der Waals surface area contributed by atoms with E-state index in [4.69, 9.17) is 0 Å². The van der Waals surface area contributed by atoms with E-state index in [0.717, 1.165) is 19.2 Å². The van der Waals surface area contributed by atoms with Gasteiger partial charge < -0.3 is 5.32 Å². The first-order chi connectivity index (χ1) is 13.6. The number of rotatable bonds is 9. The highest BCUT2D eigenvalue weighted by atomic mass is 19.4. The molecule has 19 heteroatoms. The molecule has 0 aromatic heterocycles. The smallest absolute Gasteiger partial charge is 0.348 e. The van der Waals surface area contributed by atoms with E-state index in [1.807, 2.05) is 0 Å². The summed E-state index contributed by atoms with van der Waals surface area (Å²) in [6, 6.07) is -1.55. The Morgan fingerprint density at radius 2 is 0.875 bits per heavy atom. The lowest BCUT2D eigenvalue weighted by atomic mass is 9.88. The highest BCUT2D eigenvalue weighted by Gasteiger charge is 2.95. The molecule has 0 aliphatic carbocycles. The highest BCUT2D eigenvalue weighted by molar-refractivity contribution is 5.85. The van der Waals surface area contributed by atoms with Gasteiger partial charge in [-0.1, -0.05) is 6.92 Å². The van der Waals surface area contributed by atoms with Gasteiger partial charge in [0.05, 0.1) is 0 Å². The molecule has 192 valence electrons. The normalized spacial score (nSPS) is 16.7. The van der Waals surface area contributed by atoms with Crippen molar-refractivity contribution in [3.8, 4) is 0 Å². The Balaban J connectivity index is 6.69. The molecule has 32 heavy (non-hydrogen) atoms. The lowest BCUT2D eigenvalue weighted by Crippen LogP contribution is -2.75. The molecule has 0 rings (SSSR count). The zero-order chi connectivity index (χ0) is 26.6. The second-order valence-corrected chi connectivity index (χ2v) is 6.30. The Labute approximate surface area is 166 Å². The molecule has 1 N–H and O–H groups in total. The molecule has 0 heterocycles. The number of halogens is 17. The molecule has 0 aromatic carbocycles. The van der Waals surface area contributed by atoms with E-state index in [1.165, 1.54) is 0 Å². The second-order valence-electron chi connectivity index (χ2n) is 6.30. The van der Waals surface area contributed by atoms with Crippen molar-refractivity contribution in [2.24, 2.45) is 0 Å². The van der Waals surface area contributed by atoms with Gasteiger partial charge >= 0.3 is 47.6 Å². The number of amides is 1. The van der Waals surface area contributed by atoms with Crippen molar-refractivity contribution in [3.05, 3.63) is 0 Å². The van der Waals surface area contributed by atoms with Crippen LogP contribution < -0.4 is 5.32 Å². The number of hydrogen-bond acceptors (Lipinski definition) is 1. The molecular weight excluding hydrogens is 509 g/mol. The van der Waals surface area contributed by atoms with Crippen LogP contribution in [-0.4, -0.2) is 59.6 Å². The zero-order valence-corrected chi connectivity index (χ0v) is 15.1. The van der Waals surface area contributed by atoms with Gasteiger partial charge in [-0.05, 0) is 13.3 Å². The van der Waals surface area contributed by atoms with Crippen LogP contribution in [0, 0.1) is 0 Å². The predicted octanol–water partition coefficient (Wildman–Crippen LogP) is 5.91. The van der Waals surface area contributed by atoms with Crippen LogP contribution in [0.25, 0.3) is 0 Å². The first-order valence-electron chi connectivity index (χ1n) is 7.65. The van der Waals surface area contributed by atoms with Gasteiger partial charge in [-0.25, -0.2) is 0 Å². The van der Waals surface area contributed by atoms with Crippen molar-refractivity contribution in [3.63, 3.8) is 0 Å². The van der Waals surface area contributed by atoms with Crippen LogP contribution in [0.3, 0.4) is 0 Å². The minimum absolute atomic E-state index is 0.378. The summed E-state index contributed by atoms with van der Waals surface area (Å²) < 4.78 is 221. The second kappa shape index (κ2) is 7.95. The summed E-state index contributed by atoms with van der Waals surface area (Å²) in [7, 11) is 0. The van der Waals surface area contributed by atoms with E-state index in [9.17, 15) is 79.4 Å². The molecule has 1 amide bonds. The molecule has 0 bridgehead atoms. The van der Waals surface area contributed by atoms with Gasteiger partial charge in [-0.2, -0.15) is 74.6 Å². The number of carbonyl (C=O) groups is 1. The quantitative estimate of drug-likeness (QED) is 0.378. The van der Waals surface area contributed by atoms with E-state index in [1.54, 1.807) is 0 Å². The zero-order valence-electron chi connectivity index (χ0n) is 15.1. The molecule has 2 nitrogen and oxygen atoms in total. The summed E-state index contributed by atoms with van der Waals surface area (Å²) in [4.78, 5) is 11.1. The average Bonchev–Trinajstić information content (AvgIpc) is 2.59. The standard InChI is InChI=1S/C13H10F17NO/c1-3-4(2)31-5(32)6(14,15)7(16,17)8(18,19)9(20,21)10(22,23)11(24,25)12(26,27)13(28,29)30/h4H,3H2,1-2H3,(H,31,32)/t4-/m1/s1. The van der Waals surface area contributed by atoms with Crippen LogP contribution in [0.1, 0.15) is 20.3 Å². The largest absolute Gasteiger partial charge is 0.460 e. The van der Waals surface area contributed by atoms with E-state index in [2.05, 4.69) is 0 Å². The maximum atomic E-state index is 13.5. The van der Waals surface area contributed by atoms with Gasteiger partial charge in [0.1, 0.15) is 0 Å². The molecule has 0 fully saturated rings. The third-order valence-corrected chi connectivity index (χ3v) is 4.00. The van der Waals surface area contributed by atoms with Crippen LogP contribution in [0.4, 0.5) is 74.6 Å². The van der Waals surface area contributed by atoms with Crippen molar-refractivity contribution >= 4 is 5.91 Å². The molecule has 0 aliphatic heterocycles. The predicted molar refractivity (Wildman–Crippen MR) is 68.6 cm³/mol. The highest BCUT2D eigenvalue weighted by Crippen LogP contribution is 2.63. The lowest BCUT2D eigenvalue weighted by molar-refractivity contribution is -0.459. The molecule has 0 spiro atoms. The van der Waals surface area contributed by atoms with Crippen molar-refractivity contribution in [1.82, 2.24) is 5.32 Å². The molecule has 0 saturated heterocycles. The van der Waals surface area contributed by atoms with E-state index in [0.29, 0.717) is 0 Å². The topological polar surface area (TPSA) is 29.1 Å². The molecule has 0 saturated carbocycles. The fraction of sp³-hybridized carbons (Fsp3) is 0.923. The van der Waals surface area contributed by atoms with Crippen LogP contribution in [0.5, 0.6) is 0 Å². The summed E-state index contributed by atoms with van der Waals surface area (Å²) in [5, 5.41) is 0.861. The first-order valence-corrected chi connectivity index (χ1v) is 7.65. The van der Waals surface area contributed by atoms with E-state index in [-0.39, 0.29) is 6.42 Å². The summed E-state index contributed by atoms with van der Waals surface area (Å²) in [6.45, 7) is 1.85. The monoisotopic (exact) mass is 519 g/mol. The Morgan fingerprint density at radius 1 is 0.594 bits per heavy atom. The summed E-state index contributed by atoms with van der Waals surface area (Å²) in [6.07, 6.45) is -8.19. The van der Waals surface area contributed by atoms with Crippen LogP contribution >= 0.6 is 0 Å². The summed E-state index contributed by atoms with van der Waals surface area (Å²) in [5.41, 5.74) is 0. The maximum Gasteiger partial charge on any atom is 0.460 e. The Hall–Kier alpha value is -1.72. The van der Waals surface area contributed by atoms with Crippen LogP contribution in [0.2, 0.25) is 0 Å². The first kappa shape index (κ1) is 30.3. The minimum Gasteiger partial charge on any atom is -0.348 e. The molecule has 0 aromatic rings. The van der Waals surface area contributed by atoms with E-state index < -0.39 is 59.6 Å². The van der Waals surface area contributed by atoms with Gasteiger partial charge in [0.25, 0.3) is 5.91 Å². The molecule has 0 unspecified atom stereocenters. The Morgan fingerprint density at radius 3 is 1.16 bits per heavy atom. The SMILES string of the molecule is CC[C@@H](C)NC(=O)C(F)(F)C(F)(F)C(F)(F)C(F)(F)C(F)(F)C(F)(F)C(F)(F)C(F)(F)F. The average molecular weight is 519 g/mol. The molecule has 0 radical (unpaired) electrons. The van der Waals surface area contributed by atoms with Gasteiger partial charge in [0.2, 0.25) is 0 Å². The summed E-state index contributed by atoms with van der Waals surface area (Å²) in [5.74, 6) is -61.2. The number of alkyl halides is 17. The summed E-state index contributed by atoms with van der Waals surface area (Å²) >= 11 is 0. The fourth-order valence-electron chi connectivity index (χ4n) is 1.72. The van der Waals surface area contributed by atoms with Gasteiger partial charge in [-0.3, -0.25) is 4.79 Å². The number of hydrogen-bond donors (Lipinski definition) is 1. The van der Waals surface area contributed by atoms with Crippen LogP contribution in [0.15, 0.2) is 0 Å². The van der Waals surface area contributed by atoms with Crippen molar-refractivity contribution in [2.45, 2.75) is 73.9 Å². The molecule has 1 atom stereocenters. The van der Waals surface area contributed by atoms with Crippen molar-refractivity contribution in [1.29, 1.82) is 0 Å². The maximum absolute atomic E-state index is 13.5. The Bertz CT molecular complexity index is 695. The lowest BCUT2D eigenvalue weighted by Gasteiger charge is -2.42. The van der Waals surface area contributed by atoms with E-state index >= 15 is 0 Å². The minimum atomic E-state index is -8.71. The van der Waals surface area contributed by atoms with Crippen LogP contribution in [-0.2, 0) is 4.79 Å². The fourth-order valence-corrected chi connectivity index (χ4v) is 1.72. The van der Waals surface area contributed by atoms with Gasteiger partial charge in [-0.15, -0.1) is 0 Å². The third kappa shape index (κ3) is 3.92. The molecule has 0 aliphatic rings. The third-order valence-electron chi connectivity index (χ3n) is 4.00. The number of carbonyl (C=O) groups excluding carboxylic acids is 1. The Kier molecular flexibility index (Phi) is 7.52. The van der Waals surface area contributed by atoms with Crippen molar-refractivity contribution in [2.75, 3.05) is 0 Å². The van der Waals surface area contributed by atoms with Gasteiger partial charge in [0, 0.05) is 6.04 Å². The van der Waals surface area contributed by atoms with Crippen molar-refractivity contribution < 1.29 is 79.4 Å². The molecular formula is C13H10F17NO. The van der Waals surface area contributed by atoms with Gasteiger partial charge in [0.15, 0.2) is 0 Å². The number of nitrogens with one attached hydrogen (secondary N) is 1.